The van der Waals surface area contributed by atoms with Crippen LogP contribution in [-0.4, -0.2) is 32.3 Å². The second-order valence-corrected chi connectivity index (χ2v) is 7.26. The van der Waals surface area contributed by atoms with Gasteiger partial charge in [-0.1, -0.05) is 54.6 Å². The van der Waals surface area contributed by atoms with Gasteiger partial charge >= 0.3 is 5.97 Å². The molecule has 0 bridgehead atoms. The van der Waals surface area contributed by atoms with E-state index >= 15 is 0 Å². The summed E-state index contributed by atoms with van der Waals surface area (Å²) >= 11 is 0. The quantitative estimate of drug-likeness (QED) is 0.581. The first-order chi connectivity index (χ1) is 14.2. The number of methoxy groups -OCH3 is 1. The Bertz CT molecular complexity index is 942. The molecule has 0 unspecified atom stereocenters. The Balaban J connectivity index is 0.00000256. The number of nitrogens with one attached hydrogen (secondary N) is 1. The molecule has 0 saturated carbocycles. The van der Waals surface area contributed by atoms with Crippen molar-refractivity contribution in [2.45, 2.75) is 18.4 Å². The van der Waals surface area contributed by atoms with Gasteiger partial charge in [-0.05, 0) is 53.9 Å². The van der Waals surface area contributed by atoms with Crippen molar-refractivity contribution in [1.29, 1.82) is 0 Å². The smallest absolute Gasteiger partial charge is 0.338 e. The van der Waals surface area contributed by atoms with E-state index in [-0.39, 0.29) is 30.4 Å². The summed E-state index contributed by atoms with van der Waals surface area (Å²) in [5.74, 6) is 0.767. The van der Waals surface area contributed by atoms with E-state index in [1.807, 2.05) is 66.7 Å². The first kappa shape index (κ1) is 21.9. The molecule has 1 heterocycles. The summed E-state index contributed by atoms with van der Waals surface area (Å²) in [6, 6.07) is 25.7. The SMILES string of the molecule is COc1ccc(-c2ccc(C(=O)O[C@@H]3CNCC[C@H]3c3ccccc3)cc2)cc1.Cl. The first-order valence-electron chi connectivity index (χ1n) is 9.96. The van der Waals surface area contributed by atoms with Gasteiger partial charge < -0.3 is 14.8 Å². The highest BCUT2D eigenvalue weighted by molar-refractivity contribution is 5.90. The van der Waals surface area contributed by atoms with Crippen molar-refractivity contribution in [3.05, 3.63) is 90.0 Å². The van der Waals surface area contributed by atoms with E-state index in [2.05, 4.69) is 17.4 Å². The number of halogens is 1. The molecule has 5 heteroatoms. The standard InChI is InChI=1S/C25H25NO3.ClH/c1-28-22-13-11-19(12-14-22)18-7-9-21(10-8-18)25(27)29-24-17-26-16-15-23(24)20-5-3-2-4-6-20;/h2-14,23-24,26H,15-17H2,1H3;1H/t23-,24+;/m0./s1. The monoisotopic (exact) mass is 423 g/mol. The van der Waals surface area contributed by atoms with Crippen molar-refractivity contribution in [3.8, 4) is 16.9 Å². The van der Waals surface area contributed by atoms with Gasteiger partial charge in [0, 0.05) is 12.5 Å². The van der Waals surface area contributed by atoms with Crippen LogP contribution in [0.1, 0.15) is 28.3 Å². The molecule has 0 aromatic heterocycles. The number of piperidine rings is 1. The molecule has 4 nitrogen and oxygen atoms in total. The van der Waals surface area contributed by atoms with Gasteiger partial charge in [-0.3, -0.25) is 0 Å². The maximum absolute atomic E-state index is 12.8. The minimum Gasteiger partial charge on any atom is -0.497 e. The predicted molar refractivity (Wildman–Crippen MR) is 122 cm³/mol. The number of benzene rings is 3. The lowest BCUT2D eigenvalue weighted by atomic mass is 9.88. The summed E-state index contributed by atoms with van der Waals surface area (Å²) in [5, 5.41) is 3.34. The molecule has 1 N–H and O–H groups in total. The molecule has 4 rings (SSSR count). The Hall–Kier alpha value is -2.82. The maximum Gasteiger partial charge on any atom is 0.338 e. The lowest BCUT2D eigenvalue weighted by Gasteiger charge is -2.32. The first-order valence-corrected chi connectivity index (χ1v) is 9.96. The summed E-state index contributed by atoms with van der Waals surface area (Å²) in [6.45, 7) is 1.61. The molecule has 30 heavy (non-hydrogen) atoms. The molecule has 156 valence electrons. The molecule has 0 aliphatic carbocycles. The fraction of sp³-hybridized carbons (Fsp3) is 0.240. The van der Waals surface area contributed by atoms with Crippen molar-refractivity contribution in [1.82, 2.24) is 5.32 Å². The topological polar surface area (TPSA) is 47.6 Å². The van der Waals surface area contributed by atoms with E-state index in [0.29, 0.717) is 12.1 Å². The van der Waals surface area contributed by atoms with Crippen molar-refractivity contribution in [2.24, 2.45) is 0 Å². The number of ether oxygens (including phenoxy) is 2. The minimum absolute atomic E-state index is 0. The van der Waals surface area contributed by atoms with E-state index in [1.165, 1.54) is 5.56 Å². The fourth-order valence-corrected chi connectivity index (χ4v) is 3.82. The van der Waals surface area contributed by atoms with Crippen LogP contribution in [0.2, 0.25) is 0 Å². The number of carbonyl (C=O) groups excluding carboxylic acids is 1. The summed E-state index contributed by atoms with van der Waals surface area (Å²) in [7, 11) is 1.65. The lowest BCUT2D eigenvalue weighted by molar-refractivity contribution is 0.0182. The highest BCUT2D eigenvalue weighted by atomic mass is 35.5. The van der Waals surface area contributed by atoms with Crippen LogP contribution < -0.4 is 10.1 Å². The second kappa shape index (κ2) is 10.3. The Labute approximate surface area is 183 Å². The van der Waals surface area contributed by atoms with Crippen LogP contribution in [0.4, 0.5) is 0 Å². The van der Waals surface area contributed by atoms with Gasteiger partial charge in [-0.2, -0.15) is 0 Å². The van der Waals surface area contributed by atoms with Crippen LogP contribution in [0.3, 0.4) is 0 Å². The average Bonchev–Trinajstić information content (AvgIpc) is 2.80. The Morgan fingerprint density at radius 1 is 0.900 bits per heavy atom. The molecule has 0 amide bonds. The zero-order valence-corrected chi connectivity index (χ0v) is 17.7. The Morgan fingerprint density at radius 3 is 2.17 bits per heavy atom. The van der Waals surface area contributed by atoms with Crippen molar-refractivity contribution >= 4 is 18.4 Å². The third kappa shape index (κ3) is 5.02. The largest absolute Gasteiger partial charge is 0.497 e. The van der Waals surface area contributed by atoms with Gasteiger partial charge in [0.25, 0.3) is 0 Å². The predicted octanol–water partition coefficient (Wildman–Crippen LogP) is 5.09. The highest BCUT2D eigenvalue weighted by Crippen LogP contribution is 2.28. The van der Waals surface area contributed by atoms with Crippen molar-refractivity contribution < 1.29 is 14.3 Å². The Kier molecular flexibility index (Phi) is 7.50. The molecule has 0 radical (unpaired) electrons. The molecular formula is C25H26ClNO3. The Morgan fingerprint density at radius 2 is 1.53 bits per heavy atom. The van der Waals surface area contributed by atoms with E-state index in [4.69, 9.17) is 9.47 Å². The van der Waals surface area contributed by atoms with Gasteiger partial charge in [0.2, 0.25) is 0 Å². The number of hydrogen-bond donors (Lipinski definition) is 1. The summed E-state index contributed by atoms with van der Waals surface area (Å²) in [4.78, 5) is 12.8. The van der Waals surface area contributed by atoms with Crippen LogP contribution in [0.15, 0.2) is 78.9 Å². The number of esters is 1. The average molecular weight is 424 g/mol. The number of hydrogen-bond acceptors (Lipinski definition) is 4. The van der Waals surface area contributed by atoms with Crippen LogP contribution in [0, 0.1) is 0 Å². The molecule has 3 aromatic rings. The van der Waals surface area contributed by atoms with Gasteiger partial charge in [-0.15, -0.1) is 12.4 Å². The van der Waals surface area contributed by atoms with E-state index in [9.17, 15) is 4.79 Å². The van der Waals surface area contributed by atoms with Crippen molar-refractivity contribution in [2.75, 3.05) is 20.2 Å². The number of rotatable bonds is 5. The lowest BCUT2D eigenvalue weighted by Crippen LogP contribution is -2.42. The van der Waals surface area contributed by atoms with Gasteiger partial charge in [-0.25, -0.2) is 4.79 Å². The van der Waals surface area contributed by atoms with Crippen molar-refractivity contribution in [3.63, 3.8) is 0 Å². The summed E-state index contributed by atoms with van der Waals surface area (Å²) in [6.07, 6.45) is 0.790. The zero-order valence-electron chi connectivity index (χ0n) is 16.9. The summed E-state index contributed by atoms with van der Waals surface area (Å²) in [5.41, 5.74) is 3.92. The van der Waals surface area contributed by atoms with Crippen LogP contribution >= 0.6 is 12.4 Å². The minimum atomic E-state index is -0.277. The second-order valence-electron chi connectivity index (χ2n) is 7.26. The third-order valence-corrected chi connectivity index (χ3v) is 5.46. The van der Waals surface area contributed by atoms with Gasteiger partial charge in [0.05, 0.1) is 12.7 Å². The molecular weight excluding hydrogens is 398 g/mol. The third-order valence-electron chi connectivity index (χ3n) is 5.46. The number of carbonyl (C=O) groups is 1. The molecule has 1 aliphatic rings. The molecule has 0 spiro atoms. The van der Waals surface area contributed by atoms with E-state index < -0.39 is 0 Å². The van der Waals surface area contributed by atoms with Crippen LogP contribution in [-0.2, 0) is 4.74 Å². The normalized spacial score (nSPS) is 18.2. The summed E-state index contributed by atoms with van der Waals surface area (Å²) < 4.78 is 11.1. The molecule has 1 aliphatic heterocycles. The maximum atomic E-state index is 12.8. The molecule has 1 saturated heterocycles. The van der Waals surface area contributed by atoms with E-state index in [1.54, 1.807) is 7.11 Å². The highest BCUT2D eigenvalue weighted by Gasteiger charge is 2.29. The van der Waals surface area contributed by atoms with Gasteiger partial charge in [0.15, 0.2) is 0 Å². The zero-order chi connectivity index (χ0) is 20.1. The fourth-order valence-electron chi connectivity index (χ4n) is 3.82. The molecule has 2 atom stereocenters. The van der Waals surface area contributed by atoms with E-state index in [0.717, 1.165) is 29.8 Å². The van der Waals surface area contributed by atoms with Gasteiger partial charge in [0.1, 0.15) is 11.9 Å². The molecule has 1 fully saturated rings. The van der Waals surface area contributed by atoms with Crippen LogP contribution in [0.25, 0.3) is 11.1 Å². The molecule has 3 aromatic carbocycles. The van der Waals surface area contributed by atoms with Crippen LogP contribution in [0.5, 0.6) is 5.75 Å².